The van der Waals surface area contributed by atoms with Gasteiger partial charge in [-0.05, 0) is 43.5 Å². The zero-order valence-corrected chi connectivity index (χ0v) is 20.4. The lowest BCUT2D eigenvalue weighted by atomic mass is 9.75. The van der Waals surface area contributed by atoms with Gasteiger partial charge >= 0.3 is 18.1 Å². The fourth-order valence-corrected chi connectivity index (χ4v) is 4.15. The third-order valence-corrected chi connectivity index (χ3v) is 5.76. The van der Waals surface area contributed by atoms with Gasteiger partial charge in [0.05, 0.1) is 17.7 Å². The summed E-state index contributed by atoms with van der Waals surface area (Å²) in [5, 5.41) is 10.0. The molecule has 2 aromatic carbocycles. The number of aliphatic imine (C=N–C) groups is 1. The maximum atomic E-state index is 13.1. The topological polar surface area (TPSA) is 85.2 Å². The van der Waals surface area contributed by atoms with Gasteiger partial charge in [-0.15, -0.1) is 0 Å². The normalized spacial score (nSPS) is 18.2. The van der Waals surface area contributed by atoms with Gasteiger partial charge in [-0.25, -0.2) is 4.79 Å². The number of nitrogens with zero attached hydrogens (tertiary/aromatic N) is 1. The van der Waals surface area contributed by atoms with Gasteiger partial charge in [0.1, 0.15) is 18.3 Å². The van der Waals surface area contributed by atoms with Crippen molar-refractivity contribution in [2.75, 3.05) is 6.61 Å². The number of carbonyl (C=O) groups excluding carboxylic acids is 1. The predicted octanol–water partition coefficient (Wildman–Crippen LogP) is 6.02. The molecular formula is C27H28F3NO5. The number of hydrogen-bond acceptors (Lipinski definition) is 5. The molecule has 9 heteroatoms. The Labute approximate surface area is 207 Å². The van der Waals surface area contributed by atoms with Gasteiger partial charge in [0.2, 0.25) is 0 Å². The monoisotopic (exact) mass is 503 g/mol. The van der Waals surface area contributed by atoms with Gasteiger partial charge in [-0.1, -0.05) is 44.2 Å². The van der Waals surface area contributed by atoms with E-state index in [4.69, 9.17) is 9.47 Å². The summed E-state index contributed by atoms with van der Waals surface area (Å²) >= 11 is 0. The fraction of sp³-hybridized carbons (Fsp3) is 0.370. The molecule has 2 aromatic rings. The maximum absolute atomic E-state index is 13.1. The van der Waals surface area contributed by atoms with Crippen LogP contribution in [0.25, 0.3) is 0 Å². The number of carbonyl (C=O) groups is 2. The van der Waals surface area contributed by atoms with Crippen molar-refractivity contribution in [2.45, 2.75) is 46.4 Å². The second-order valence-corrected chi connectivity index (χ2v) is 9.06. The van der Waals surface area contributed by atoms with E-state index in [1.165, 1.54) is 12.1 Å². The van der Waals surface area contributed by atoms with Crippen LogP contribution in [-0.2, 0) is 27.1 Å². The lowest BCUT2D eigenvalue weighted by Crippen LogP contribution is -2.35. The van der Waals surface area contributed by atoms with E-state index in [1.54, 1.807) is 38.1 Å². The molecule has 36 heavy (non-hydrogen) atoms. The van der Waals surface area contributed by atoms with E-state index in [-0.39, 0.29) is 30.5 Å². The zero-order chi connectivity index (χ0) is 26.6. The average molecular weight is 504 g/mol. The Hall–Kier alpha value is -3.62. The summed E-state index contributed by atoms with van der Waals surface area (Å²) in [5.41, 5.74) is 0.676. The van der Waals surface area contributed by atoms with Crippen molar-refractivity contribution < 1.29 is 37.3 Å². The van der Waals surface area contributed by atoms with E-state index in [0.29, 0.717) is 22.5 Å². The number of aliphatic carboxylic acids is 1. The highest BCUT2D eigenvalue weighted by Gasteiger charge is 2.43. The maximum Gasteiger partial charge on any atom is 0.416 e. The Bertz CT molecular complexity index is 1200. The third-order valence-electron chi connectivity index (χ3n) is 5.76. The summed E-state index contributed by atoms with van der Waals surface area (Å²) in [5.74, 6) is -3.63. The first kappa shape index (κ1) is 27.0. The summed E-state index contributed by atoms with van der Waals surface area (Å²) < 4.78 is 50.6. The van der Waals surface area contributed by atoms with Crippen LogP contribution in [0.1, 0.15) is 50.3 Å². The molecule has 0 aromatic heterocycles. The minimum Gasteiger partial charge on any atom is -0.489 e. The first-order valence-electron chi connectivity index (χ1n) is 11.4. The fourth-order valence-electron chi connectivity index (χ4n) is 4.15. The van der Waals surface area contributed by atoms with Crippen LogP contribution in [0.2, 0.25) is 0 Å². The lowest BCUT2D eigenvalue weighted by Gasteiger charge is -2.31. The first-order chi connectivity index (χ1) is 16.9. The van der Waals surface area contributed by atoms with E-state index in [9.17, 15) is 27.9 Å². The van der Waals surface area contributed by atoms with Crippen molar-refractivity contribution >= 4 is 17.7 Å². The molecule has 2 atom stereocenters. The van der Waals surface area contributed by atoms with Gasteiger partial charge in [0, 0.05) is 22.9 Å². The van der Waals surface area contributed by atoms with Crippen LogP contribution in [-0.4, -0.2) is 29.4 Å². The van der Waals surface area contributed by atoms with Gasteiger partial charge in [0.15, 0.2) is 0 Å². The molecule has 0 fully saturated rings. The zero-order valence-electron chi connectivity index (χ0n) is 20.4. The van der Waals surface area contributed by atoms with E-state index in [1.807, 2.05) is 13.8 Å². The van der Waals surface area contributed by atoms with Gasteiger partial charge in [0.25, 0.3) is 0 Å². The molecule has 6 nitrogen and oxygen atoms in total. The second kappa shape index (κ2) is 11.0. The van der Waals surface area contributed by atoms with E-state index < -0.39 is 35.5 Å². The summed E-state index contributed by atoms with van der Waals surface area (Å²) in [6.45, 7) is 6.92. The molecule has 0 bridgehead atoms. The van der Waals surface area contributed by atoms with Crippen LogP contribution in [0, 0.1) is 11.8 Å². The molecule has 0 radical (unpaired) electrons. The smallest absolute Gasteiger partial charge is 0.416 e. The minimum absolute atomic E-state index is 0.0699. The van der Waals surface area contributed by atoms with Crippen molar-refractivity contribution in [1.29, 1.82) is 0 Å². The van der Waals surface area contributed by atoms with Crippen molar-refractivity contribution in [1.82, 2.24) is 0 Å². The largest absolute Gasteiger partial charge is 0.489 e. The lowest BCUT2D eigenvalue weighted by molar-refractivity contribution is -0.142. The van der Waals surface area contributed by atoms with Crippen LogP contribution in [0.15, 0.2) is 64.8 Å². The van der Waals surface area contributed by atoms with Gasteiger partial charge < -0.3 is 14.6 Å². The molecule has 3 rings (SSSR count). The molecule has 0 amide bonds. The summed E-state index contributed by atoms with van der Waals surface area (Å²) in [6, 6.07) is 11.4. The molecule has 0 spiro atoms. The number of allylic oxidation sites excluding steroid dienone is 1. The highest BCUT2D eigenvalue weighted by Crippen LogP contribution is 2.43. The molecule has 192 valence electrons. The standard InChI is InChI=1S/C27H28F3NO5/c1-15(2)13-36-26(34)23-17(4)31-16(3)22(25(32)33)24(23)20-10-5-6-11-21(20)35-14-18-8-7-9-19(12-18)27(28,29)30/h5-12,15,22,24H,13-14H2,1-4H3,(H,32,33). The number of halogens is 3. The summed E-state index contributed by atoms with van der Waals surface area (Å²) in [4.78, 5) is 29.7. The molecule has 0 saturated heterocycles. The Balaban J connectivity index is 2.01. The van der Waals surface area contributed by atoms with Crippen molar-refractivity contribution in [2.24, 2.45) is 16.8 Å². The Morgan fingerprint density at radius 3 is 2.42 bits per heavy atom. The number of ether oxygens (including phenoxy) is 2. The van der Waals surface area contributed by atoms with Crippen LogP contribution in [0.4, 0.5) is 13.2 Å². The summed E-state index contributed by atoms with van der Waals surface area (Å²) in [6.07, 6.45) is -4.49. The first-order valence-corrected chi connectivity index (χ1v) is 11.4. The quantitative estimate of drug-likeness (QED) is 0.446. The SMILES string of the molecule is CC1=NC(C)=C(C(=O)OCC(C)C)C(c2ccccc2OCc2cccc(C(F)(F)F)c2)C1C(=O)O. The molecule has 0 saturated carbocycles. The molecule has 1 aliphatic rings. The number of carboxylic acids is 1. The molecule has 1 aliphatic heterocycles. The number of benzene rings is 2. The summed E-state index contributed by atoms with van der Waals surface area (Å²) in [7, 11) is 0. The second-order valence-electron chi connectivity index (χ2n) is 9.06. The Morgan fingerprint density at radius 1 is 1.08 bits per heavy atom. The Morgan fingerprint density at radius 2 is 1.78 bits per heavy atom. The van der Waals surface area contributed by atoms with Crippen molar-refractivity contribution in [3.05, 3.63) is 76.5 Å². The van der Waals surface area contributed by atoms with Gasteiger partial charge in [-0.3, -0.25) is 9.79 Å². The van der Waals surface area contributed by atoms with E-state index >= 15 is 0 Å². The van der Waals surface area contributed by atoms with Crippen molar-refractivity contribution in [3.8, 4) is 5.75 Å². The van der Waals surface area contributed by atoms with Crippen LogP contribution in [0.5, 0.6) is 5.75 Å². The van der Waals surface area contributed by atoms with E-state index in [0.717, 1.165) is 12.1 Å². The Kier molecular flexibility index (Phi) is 8.22. The molecule has 1 N–H and O–H groups in total. The van der Waals surface area contributed by atoms with Crippen molar-refractivity contribution in [3.63, 3.8) is 0 Å². The number of esters is 1. The van der Waals surface area contributed by atoms with Crippen LogP contribution >= 0.6 is 0 Å². The average Bonchev–Trinajstić information content (AvgIpc) is 2.80. The molecule has 2 unspecified atom stereocenters. The number of alkyl halides is 3. The highest BCUT2D eigenvalue weighted by atomic mass is 19.4. The highest BCUT2D eigenvalue weighted by molar-refractivity contribution is 6.06. The number of para-hydroxylation sites is 1. The van der Waals surface area contributed by atoms with Crippen LogP contribution in [0.3, 0.4) is 0 Å². The predicted molar refractivity (Wildman–Crippen MR) is 128 cm³/mol. The minimum atomic E-state index is -4.49. The number of rotatable bonds is 8. The molecule has 1 heterocycles. The third kappa shape index (κ3) is 6.13. The molecular weight excluding hydrogens is 475 g/mol. The van der Waals surface area contributed by atoms with Gasteiger partial charge in [-0.2, -0.15) is 13.2 Å². The molecule has 0 aliphatic carbocycles. The number of hydrogen-bond donors (Lipinski definition) is 1. The number of carboxylic acid groups (broad SMARTS) is 1. The van der Waals surface area contributed by atoms with Crippen LogP contribution < -0.4 is 4.74 Å². The van der Waals surface area contributed by atoms with E-state index in [2.05, 4.69) is 4.99 Å².